The Labute approximate surface area is 231 Å². The summed E-state index contributed by atoms with van der Waals surface area (Å²) < 4.78 is 44.1. The zero-order chi connectivity index (χ0) is 28.2. The average Bonchev–Trinajstić information content (AvgIpc) is 3.27. The minimum atomic E-state index is -4.14. The Balaban J connectivity index is 1.38. The van der Waals surface area contributed by atoms with E-state index in [2.05, 4.69) is 4.98 Å². The molecule has 2 saturated heterocycles. The molecule has 0 aliphatic carbocycles. The number of aryl methyl sites for hydroxylation is 1. The fourth-order valence-electron chi connectivity index (χ4n) is 5.19. The number of benzene rings is 1. The Morgan fingerprint density at radius 3 is 2.64 bits per heavy atom. The molecule has 2 fully saturated rings. The summed E-state index contributed by atoms with van der Waals surface area (Å²) in [5.74, 6) is -0.174. The number of amides is 1. The molecular formula is C27H33N3O7S2. The molecule has 2 aromatic heterocycles. The lowest BCUT2D eigenvalue weighted by Crippen LogP contribution is -2.60. The molecule has 39 heavy (non-hydrogen) atoms. The number of morpholine rings is 1. The highest BCUT2D eigenvalue weighted by Crippen LogP contribution is 2.45. The van der Waals surface area contributed by atoms with E-state index in [0.717, 1.165) is 22.9 Å². The van der Waals surface area contributed by atoms with Crippen LogP contribution in [0.2, 0.25) is 0 Å². The Hall–Kier alpha value is -2.96. The maximum atomic E-state index is 12.9. The van der Waals surface area contributed by atoms with Gasteiger partial charge in [0.25, 0.3) is 5.56 Å². The second-order valence-corrected chi connectivity index (χ2v) is 13.9. The van der Waals surface area contributed by atoms with Crippen LogP contribution >= 0.6 is 11.3 Å². The summed E-state index contributed by atoms with van der Waals surface area (Å²) in [4.78, 5) is 33.1. The third-order valence-corrected chi connectivity index (χ3v) is 9.44. The second kappa shape index (κ2) is 9.90. The average molecular weight is 576 g/mol. The zero-order valence-electron chi connectivity index (χ0n) is 22.7. The Morgan fingerprint density at radius 1 is 1.26 bits per heavy atom. The lowest BCUT2D eigenvalue weighted by molar-refractivity contribution is -0.184. The maximum Gasteiger partial charge on any atom is 0.410 e. The van der Waals surface area contributed by atoms with E-state index in [0.29, 0.717) is 30.9 Å². The first-order valence-electron chi connectivity index (χ1n) is 13.0. The van der Waals surface area contributed by atoms with E-state index in [-0.39, 0.29) is 28.9 Å². The van der Waals surface area contributed by atoms with Crippen LogP contribution < -0.4 is 9.74 Å². The van der Waals surface area contributed by atoms with Crippen LogP contribution in [0.4, 0.5) is 4.79 Å². The van der Waals surface area contributed by atoms with Gasteiger partial charge in [-0.3, -0.25) is 9.20 Å². The highest BCUT2D eigenvalue weighted by molar-refractivity contribution is 7.87. The fourth-order valence-corrected chi connectivity index (χ4v) is 7.16. The van der Waals surface area contributed by atoms with E-state index in [1.807, 2.05) is 34.6 Å². The summed E-state index contributed by atoms with van der Waals surface area (Å²) in [7, 11) is -4.14. The molecule has 1 aromatic carbocycles. The van der Waals surface area contributed by atoms with Gasteiger partial charge in [0.15, 0.2) is 4.96 Å². The summed E-state index contributed by atoms with van der Waals surface area (Å²) in [5, 5.41) is 0. The van der Waals surface area contributed by atoms with Gasteiger partial charge in [-0.2, -0.15) is 13.4 Å². The van der Waals surface area contributed by atoms with Crippen molar-refractivity contribution in [3.63, 3.8) is 0 Å². The molecule has 0 N–H and O–H groups in total. The van der Waals surface area contributed by atoms with Gasteiger partial charge in [0.2, 0.25) is 5.88 Å². The van der Waals surface area contributed by atoms with E-state index in [1.54, 1.807) is 23.2 Å². The number of carbonyl (C=O) groups is 1. The molecule has 2 aliphatic rings. The fraction of sp³-hybridized carbons (Fsp3) is 0.519. The van der Waals surface area contributed by atoms with Crippen LogP contribution in [0.25, 0.3) is 4.96 Å². The summed E-state index contributed by atoms with van der Waals surface area (Å²) >= 11 is 1.33. The topological polar surface area (TPSA) is 117 Å². The van der Waals surface area contributed by atoms with E-state index >= 15 is 0 Å². The van der Waals surface area contributed by atoms with Crippen LogP contribution in [-0.4, -0.2) is 59.2 Å². The van der Waals surface area contributed by atoms with Crippen molar-refractivity contribution in [2.24, 2.45) is 0 Å². The molecule has 210 valence electrons. The van der Waals surface area contributed by atoms with E-state index in [9.17, 15) is 18.0 Å². The maximum absolute atomic E-state index is 12.9. The van der Waals surface area contributed by atoms with E-state index in [1.165, 1.54) is 27.9 Å². The van der Waals surface area contributed by atoms with Gasteiger partial charge in [0, 0.05) is 17.0 Å². The van der Waals surface area contributed by atoms with Crippen LogP contribution in [-0.2, 0) is 19.6 Å². The van der Waals surface area contributed by atoms with Crippen LogP contribution in [0, 0.1) is 6.92 Å². The van der Waals surface area contributed by atoms with Crippen molar-refractivity contribution >= 4 is 32.5 Å². The molecule has 2 bridgehead atoms. The predicted molar refractivity (Wildman–Crippen MR) is 146 cm³/mol. The molecule has 12 heteroatoms. The largest absolute Gasteiger partial charge is 0.444 e. The van der Waals surface area contributed by atoms with Gasteiger partial charge >= 0.3 is 16.2 Å². The molecule has 0 unspecified atom stereocenters. The summed E-state index contributed by atoms with van der Waals surface area (Å²) in [6.07, 6.45) is 3.34. The van der Waals surface area contributed by atoms with Crippen molar-refractivity contribution in [1.82, 2.24) is 14.3 Å². The standard InChI is InChI=1S/C27H33N3O7S2/c1-6-27-13-18(11-19(35-27)14-29(16-27)25(32)36-26(3,4)5)21-15-30-23(31)12-22(28-24(30)38-21)37-39(33,34)20-9-7-17(2)8-10-20/h7-10,12,15,18-19H,6,11,13-14,16H2,1-5H3/t18-,19+,27-/m0/s1. The van der Waals surface area contributed by atoms with Crippen LogP contribution in [0.5, 0.6) is 5.88 Å². The Kier molecular flexibility index (Phi) is 7.01. The number of nitrogens with zero attached hydrogens (tertiary/aromatic N) is 3. The second-order valence-electron chi connectivity index (χ2n) is 11.3. The molecule has 3 atom stereocenters. The van der Waals surface area contributed by atoms with Crippen LogP contribution in [0.1, 0.15) is 63.3 Å². The number of rotatable bonds is 5. The highest BCUT2D eigenvalue weighted by atomic mass is 32.2. The summed E-state index contributed by atoms with van der Waals surface area (Å²) in [6, 6.07) is 7.34. The molecule has 4 heterocycles. The minimum Gasteiger partial charge on any atom is -0.444 e. The highest BCUT2D eigenvalue weighted by Gasteiger charge is 2.48. The number of hydrogen-bond donors (Lipinski definition) is 0. The lowest BCUT2D eigenvalue weighted by atomic mass is 9.79. The van der Waals surface area contributed by atoms with Crippen molar-refractivity contribution in [2.75, 3.05) is 13.1 Å². The van der Waals surface area contributed by atoms with Crippen molar-refractivity contribution in [2.45, 2.75) is 82.0 Å². The molecule has 0 radical (unpaired) electrons. The molecule has 0 spiro atoms. The third kappa shape index (κ3) is 5.82. The number of fused-ring (bicyclic) bond motifs is 3. The van der Waals surface area contributed by atoms with Crippen molar-refractivity contribution in [3.8, 4) is 5.88 Å². The van der Waals surface area contributed by atoms with Gasteiger partial charge in [0.1, 0.15) is 10.5 Å². The first kappa shape index (κ1) is 27.6. The SMILES string of the molecule is CC[C@]12C[C@@H](c3cn4c(=O)cc(OS(=O)(=O)c5ccc(C)cc5)nc4s3)C[C@H](CN(C(=O)OC(C)(C)C)C1)O2. The van der Waals surface area contributed by atoms with Gasteiger partial charge in [-0.25, -0.2) is 4.79 Å². The lowest BCUT2D eigenvalue weighted by Gasteiger charge is -2.51. The van der Waals surface area contributed by atoms with E-state index < -0.39 is 26.9 Å². The monoisotopic (exact) mass is 575 g/mol. The van der Waals surface area contributed by atoms with Gasteiger partial charge in [0.05, 0.1) is 30.9 Å². The quantitative estimate of drug-likeness (QED) is 0.409. The van der Waals surface area contributed by atoms with Gasteiger partial charge in [-0.15, -0.1) is 11.3 Å². The molecule has 10 nitrogen and oxygen atoms in total. The summed E-state index contributed by atoms with van der Waals surface area (Å²) in [5.41, 5.74) is -0.609. The molecule has 3 aromatic rings. The van der Waals surface area contributed by atoms with Gasteiger partial charge in [-0.1, -0.05) is 24.6 Å². The Morgan fingerprint density at radius 2 is 1.97 bits per heavy atom. The van der Waals surface area contributed by atoms with Crippen molar-refractivity contribution < 1.29 is 26.9 Å². The van der Waals surface area contributed by atoms with Crippen molar-refractivity contribution in [3.05, 3.63) is 57.3 Å². The number of thiazole rings is 1. The predicted octanol–water partition coefficient (Wildman–Crippen LogP) is 4.49. The van der Waals surface area contributed by atoms with Crippen molar-refractivity contribution in [1.29, 1.82) is 0 Å². The van der Waals surface area contributed by atoms with Crippen LogP contribution in [0.15, 0.2) is 46.2 Å². The number of hydrogen-bond acceptors (Lipinski definition) is 9. The smallest absolute Gasteiger partial charge is 0.410 e. The number of likely N-dealkylation sites (tertiary alicyclic amines) is 1. The Bertz CT molecular complexity index is 1560. The molecule has 2 aliphatic heterocycles. The first-order chi connectivity index (χ1) is 18.3. The van der Waals surface area contributed by atoms with Gasteiger partial charge in [-0.05, 0) is 59.1 Å². The van der Waals surface area contributed by atoms with Crippen LogP contribution in [0.3, 0.4) is 0 Å². The van der Waals surface area contributed by atoms with E-state index in [4.69, 9.17) is 13.7 Å². The molecular weight excluding hydrogens is 542 g/mol. The number of aromatic nitrogens is 2. The zero-order valence-corrected chi connectivity index (χ0v) is 24.3. The molecule has 5 rings (SSSR count). The molecule has 0 saturated carbocycles. The number of carbonyl (C=O) groups excluding carboxylic acids is 1. The minimum absolute atomic E-state index is 0.0130. The third-order valence-electron chi connectivity index (χ3n) is 7.05. The first-order valence-corrected chi connectivity index (χ1v) is 15.2. The van der Waals surface area contributed by atoms with Gasteiger partial charge < -0.3 is 18.6 Å². The normalized spacial score (nSPS) is 23.6. The molecule has 1 amide bonds. The summed E-state index contributed by atoms with van der Waals surface area (Å²) in [6.45, 7) is 10.3. The number of ether oxygens (including phenoxy) is 2.